The Hall–Kier alpha value is -3.35. The van der Waals surface area contributed by atoms with Crippen LogP contribution in [0.25, 0.3) is 11.4 Å². The molecule has 1 amide bonds. The largest absolute Gasteiger partial charge is 0.454 e. The molecule has 0 spiro atoms. The summed E-state index contributed by atoms with van der Waals surface area (Å²) in [4.78, 5) is 16.6. The minimum Gasteiger partial charge on any atom is -0.454 e. The van der Waals surface area contributed by atoms with Crippen LogP contribution in [0.3, 0.4) is 0 Å². The van der Waals surface area contributed by atoms with Crippen LogP contribution in [-0.2, 0) is 6.54 Å². The van der Waals surface area contributed by atoms with Crippen LogP contribution in [-0.4, -0.2) is 22.8 Å². The van der Waals surface area contributed by atoms with Gasteiger partial charge in [0.05, 0.1) is 6.54 Å². The van der Waals surface area contributed by atoms with E-state index in [4.69, 9.17) is 14.0 Å². The highest BCUT2D eigenvalue weighted by Crippen LogP contribution is 2.32. The van der Waals surface area contributed by atoms with Crippen molar-refractivity contribution in [3.05, 3.63) is 59.5 Å². The predicted octanol–water partition coefficient (Wildman–Crippen LogP) is 2.70. The highest BCUT2D eigenvalue weighted by atomic mass is 16.7. The van der Waals surface area contributed by atoms with Crippen molar-refractivity contribution in [3.63, 3.8) is 0 Å². The molecular weight excluding hydrogens is 322 g/mol. The lowest BCUT2D eigenvalue weighted by molar-refractivity contribution is 0.0946. The zero-order valence-corrected chi connectivity index (χ0v) is 13.5. The summed E-state index contributed by atoms with van der Waals surface area (Å²) in [6.07, 6.45) is 0. The average molecular weight is 337 g/mol. The van der Waals surface area contributed by atoms with Gasteiger partial charge >= 0.3 is 0 Å². The Labute approximate surface area is 143 Å². The molecule has 0 saturated carbocycles. The number of ether oxygens (including phenoxy) is 2. The zero-order valence-electron chi connectivity index (χ0n) is 13.5. The van der Waals surface area contributed by atoms with Crippen LogP contribution in [0.15, 0.2) is 47.0 Å². The van der Waals surface area contributed by atoms with Crippen LogP contribution >= 0.6 is 0 Å². The summed E-state index contributed by atoms with van der Waals surface area (Å²) in [5, 5.41) is 6.73. The Morgan fingerprint density at radius 2 is 2.00 bits per heavy atom. The highest BCUT2D eigenvalue weighted by molar-refractivity contribution is 5.94. The van der Waals surface area contributed by atoms with Gasteiger partial charge in [-0.15, -0.1) is 0 Å². The first-order valence-electron chi connectivity index (χ1n) is 7.77. The molecule has 4 rings (SSSR count). The zero-order chi connectivity index (χ0) is 17.2. The summed E-state index contributed by atoms with van der Waals surface area (Å²) in [7, 11) is 0. The van der Waals surface area contributed by atoms with Crippen LogP contribution in [0.5, 0.6) is 11.5 Å². The lowest BCUT2D eigenvalue weighted by Crippen LogP contribution is -2.22. The summed E-state index contributed by atoms with van der Waals surface area (Å²) in [6.45, 7) is 2.29. The molecule has 0 radical (unpaired) electrons. The van der Waals surface area contributed by atoms with Gasteiger partial charge in [0.15, 0.2) is 11.5 Å². The second kappa shape index (κ2) is 6.27. The molecule has 0 bridgehead atoms. The maximum absolute atomic E-state index is 12.3. The molecule has 3 aromatic rings. The number of aryl methyl sites for hydroxylation is 1. The van der Waals surface area contributed by atoms with E-state index in [-0.39, 0.29) is 19.2 Å². The van der Waals surface area contributed by atoms with Crippen LogP contribution in [0.2, 0.25) is 0 Å². The third-order valence-corrected chi connectivity index (χ3v) is 3.89. The normalized spacial score (nSPS) is 12.2. The van der Waals surface area contributed by atoms with Crippen molar-refractivity contribution >= 4 is 5.91 Å². The van der Waals surface area contributed by atoms with Crippen molar-refractivity contribution in [1.82, 2.24) is 15.5 Å². The second-order valence-corrected chi connectivity index (χ2v) is 5.58. The van der Waals surface area contributed by atoms with Crippen molar-refractivity contribution in [1.29, 1.82) is 0 Å². The van der Waals surface area contributed by atoms with Gasteiger partial charge in [-0.2, -0.15) is 4.98 Å². The van der Waals surface area contributed by atoms with E-state index in [2.05, 4.69) is 15.5 Å². The van der Waals surface area contributed by atoms with Crippen LogP contribution in [0.4, 0.5) is 0 Å². The molecule has 7 nitrogen and oxygen atoms in total. The molecule has 1 aliphatic heterocycles. The molecule has 126 valence electrons. The molecule has 25 heavy (non-hydrogen) atoms. The van der Waals surface area contributed by atoms with Gasteiger partial charge < -0.3 is 19.3 Å². The molecule has 2 heterocycles. The Balaban J connectivity index is 1.43. The summed E-state index contributed by atoms with van der Waals surface area (Å²) in [5.74, 6) is 1.79. The van der Waals surface area contributed by atoms with Gasteiger partial charge in [-0.05, 0) is 30.7 Å². The van der Waals surface area contributed by atoms with Crippen molar-refractivity contribution < 1.29 is 18.8 Å². The fourth-order valence-electron chi connectivity index (χ4n) is 2.56. The first-order valence-corrected chi connectivity index (χ1v) is 7.77. The number of nitrogens with zero attached hydrogens (tertiary/aromatic N) is 2. The smallest absolute Gasteiger partial charge is 0.251 e. The van der Waals surface area contributed by atoms with Gasteiger partial charge in [-0.1, -0.05) is 29.4 Å². The second-order valence-electron chi connectivity index (χ2n) is 5.58. The number of amides is 1. The van der Waals surface area contributed by atoms with E-state index in [0.717, 1.165) is 11.1 Å². The van der Waals surface area contributed by atoms with Crippen molar-refractivity contribution in [2.75, 3.05) is 6.79 Å². The first kappa shape index (κ1) is 15.2. The molecule has 0 atom stereocenters. The number of nitrogens with one attached hydrogen (secondary N) is 1. The van der Waals surface area contributed by atoms with E-state index >= 15 is 0 Å². The number of aromatic nitrogens is 2. The van der Waals surface area contributed by atoms with E-state index < -0.39 is 0 Å². The van der Waals surface area contributed by atoms with Gasteiger partial charge in [0.2, 0.25) is 18.5 Å². The van der Waals surface area contributed by atoms with E-state index in [9.17, 15) is 4.79 Å². The lowest BCUT2D eigenvalue weighted by Gasteiger charge is -2.03. The van der Waals surface area contributed by atoms with Crippen LogP contribution in [0, 0.1) is 6.92 Å². The maximum Gasteiger partial charge on any atom is 0.251 e. The van der Waals surface area contributed by atoms with E-state index in [1.165, 1.54) is 0 Å². The third kappa shape index (κ3) is 3.03. The predicted molar refractivity (Wildman–Crippen MR) is 88.2 cm³/mol. The molecule has 0 aliphatic carbocycles. The van der Waals surface area contributed by atoms with E-state index in [0.29, 0.717) is 28.8 Å². The Morgan fingerprint density at radius 1 is 1.16 bits per heavy atom. The summed E-state index contributed by atoms with van der Waals surface area (Å²) < 4.78 is 15.7. The Bertz CT molecular complexity index is 936. The summed E-state index contributed by atoms with van der Waals surface area (Å²) in [5.41, 5.74) is 2.43. The number of carbonyl (C=O) groups excluding carboxylic acids is 1. The molecule has 0 saturated heterocycles. The minimum absolute atomic E-state index is 0.145. The van der Waals surface area contributed by atoms with Gasteiger partial charge in [-0.3, -0.25) is 4.79 Å². The monoisotopic (exact) mass is 337 g/mol. The molecule has 0 fully saturated rings. The molecule has 1 aromatic heterocycles. The Morgan fingerprint density at radius 3 is 2.88 bits per heavy atom. The molecule has 2 aromatic carbocycles. The molecule has 1 aliphatic rings. The number of rotatable bonds is 4. The molecule has 0 unspecified atom stereocenters. The highest BCUT2D eigenvalue weighted by Gasteiger charge is 2.17. The standard InChI is InChI=1S/C18H15N3O4/c1-11-4-2-3-5-13(11)17-20-16(25-21-17)9-19-18(22)12-6-7-14-15(8-12)24-10-23-14/h2-8H,9-10H2,1H3,(H,19,22). The molecular formula is C18H15N3O4. The fraction of sp³-hybridized carbons (Fsp3) is 0.167. The molecule has 7 heteroatoms. The average Bonchev–Trinajstić information content (AvgIpc) is 3.28. The molecule has 1 N–H and O–H groups in total. The number of carbonyl (C=O) groups is 1. The first-order chi connectivity index (χ1) is 12.2. The number of hydrogen-bond acceptors (Lipinski definition) is 6. The SMILES string of the molecule is Cc1ccccc1-c1noc(CNC(=O)c2ccc3c(c2)OCO3)n1. The topological polar surface area (TPSA) is 86.5 Å². The van der Waals surface area contributed by atoms with Gasteiger partial charge in [-0.25, -0.2) is 0 Å². The summed E-state index contributed by atoms with van der Waals surface area (Å²) >= 11 is 0. The number of fused-ring (bicyclic) bond motifs is 1. The third-order valence-electron chi connectivity index (χ3n) is 3.89. The lowest BCUT2D eigenvalue weighted by atomic mass is 10.1. The van der Waals surface area contributed by atoms with Crippen LogP contribution in [0.1, 0.15) is 21.8 Å². The van der Waals surface area contributed by atoms with Crippen LogP contribution < -0.4 is 14.8 Å². The van der Waals surface area contributed by atoms with Crippen molar-refractivity contribution in [2.45, 2.75) is 13.5 Å². The number of hydrogen-bond donors (Lipinski definition) is 1. The number of benzene rings is 2. The van der Waals surface area contributed by atoms with E-state index in [1.807, 2.05) is 31.2 Å². The minimum atomic E-state index is -0.256. The maximum atomic E-state index is 12.3. The fourth-order valence-corrected chi connectivity index (χ4v) is 2.56. The summed E-state index contributed by atoms with van der Waals surface area (Å²) in [6, 6.07) is 12.8. The van der Waals surface area contributed by atoms with Gasteiger partial charge in [0.1, 0.15) is 0 Å². The van der Waals surface area contributed by atoms with Crippen molar-refractivity contribution in [3.8, 4) is 22.9 Å². The van der Waals surface area contributed by atoms with Crippen molar-refractivity contribution in [2.24, 2.45) is 0 Å². The quantitative estimate of drug-likeness (QED) is 0.788. The Kier molecular flexibility index (Phi) is 3.81. The van der Waals surface area contributed by atoms with Gasteiger partial charge in [0.25, 0.3) is 5.91 Å². The van der Waals surface area contributed by atoms with E-state index in [1.54, 1.807) is 18.2 Å². The van der Waals surface area contributed by atoms with Gasteiger partial charge in [0, 0.05) is 11.1 Å².